The van der Waals surface area contributed by atoms with E-state index in [0.29, 0.717) is 88.4 Å². The zero-order valence-corrected chi connectivity index (χ0v) is 50.6. The van der Waals surface area contributed by atoms with Crippen molar-refractivity contribution in [1.82, 2.24) is 10.2 Å². The number of esters is 2. The molecule has 0 radical (unpaired) electrons. The van der Waals surface area contributed by atoms with Crippen LogP contribution in [0.2, 0.25) is 0 Å². The minimum absolute atomic E-state index is 0.00831. The number of aliphatic hydroxyl groups is 2. The zero-order chi connectivity index (χ0) is 59.3. The van der Waals surface area contributed by atoms with Gasteiger partial charge in [0.2, 0.25) is 5.79 Å². The van der Waals surface area contributed by atoms with Gasteiger partial charge in [0.1, 0.15) is 42.3 Å². The zero-order valence-electron chi connectivity index (χ0n) is 49.8. The first-order valence-corrected chi connectivity index (χ1v) is 30.5. The first-order valence-electron chi connectivity index (χ1n) is 29.1. The number of carbonyl (C=O) groups is 7. The molecular formula is C61H96N2O16S. The number of unbranched alkanes of at least 4 members (excludes halogenated alkanes) is 1. The second-order valence-electron chi connectivity index (χ2n) is 23.0. The van der Waals surface area contributed by atoms with Gasteiger partial charge in [0, 0.05) is 58.5 Å². The molecule has 3 fully saturated rings. The highest BCUT2D eigenvalue weighted by Gasteiger charge is 2.53. The van der Waals surface area contributed by atoms with Crippen molar-refractivity contribution in [3.8, 4) is 0 Å². The van der Waals surface area contributed by atoms with Crippen molar-refractivity contribution < 1.29 is 76.9 Å². The van der Waals surface area contributed by atoms with Crippen LogP contribution >= 0.6 is 11.8 Å². The number of methoxy groups -OCH3 is 3. The molecule has 1 saturated carbocycles. The highest BCUT2D eigenvalue weighted by Crippen LogP contribution is 2.38. The molecule has 3 N–H and O–H groups in total. The summed E-state index contributed by atoms with van der Waals surface area (Å²) in [6.07, 6.45) is 13.0. The van der Waals surface area contributed by atoms with Gasteiger partial charge in [-0.3, -0.25) is 19.2 Å². The lowest BCUT2D eigenvalue weighted by molar-refractivity contribution is -0.265. The smallest absolute Gasteiger partial charge is 0.408 e. The third kappa shape index (κ3) is 19.7. The number of amides is 2. The van der Waals surface area contributed by atoms with E-state index >= 15 is 0 Å². The van der Waals surface area contributed by atoms with Crippen LogP contribution < -0.4 is 5.32 Å². The molecule has 2 amide bonds. The standard InChI is InChI=1S/C61H96N2O16S/c1-13-14-29-76-58(69)46(27-30-80-12)62-60(71)78-49-26-24-44(34-52(49)74-10)33-40(5)51-36-48(64)39(4)32-42(7)54(66)55(75-11)53(65)41(6)31-37(2)20-16-15-17-21-38(3)50(73-9)35-45-25-23-43(8)61(72,79-45)56(67)57(68)63-28-19-18-22-47(63)59(70)77-51/h15-17,20-21,32,37,39-41,43-47,49-52,54-55,66,72H,13-14,18-19,22-31,33-36H2,1-12H3,(H,62,71)/b17-15+,20-16+,38-21+,42-32+/t37?,39?,40?,41-,43-,44?,45?,46?,47+,49-,50?,51?,52?,54-,55?,61-/m1/s1. The normalized spacial score (nSPS) is 35.2. The molecule has 4 rings (SSSR count). The molecule has 4 aliphatic rings. The monoisotopic (exact) mass is 1140 g/mol. The number of ketones is 3. The Balaban J connectivity index is 1.65. The van der Waals surface area contributed by atoms with Gasteiger partial charge in [0.15, 0.2) is 5.78 Å². The molecule has 3 aliphatic heterocycles. The molecule has 0 aromatic heterocycles. The molecule has 10 unspecified atom stereocenters. The van der Waals surface area contributed by atoms with Crippen LogP contribution in [-0.2, 0) is 61.9 Å². The molecule has 0 spiro atoms. The average Bonchev–Trinajstić information content (AvgIpc) is 3.43. The van der Waals surface area contributed by atoms with E-state index in [9.17, 15) is 43.8 Å². The Kier molecular flexibility index (Phi) is 28.8. The maximum atomic E-state index is 14.7. The molecule has 1 aliphatic carbocycles. The summed E-state index contributed by atoms with van der Waals surface area (Å²) in [6, 6.07) is -2.08. The summed E-state index contributed by atoms with van der Waals surface area (Å²) in [6.45, 7) is 14.8. The van der Waals surface area contributed by atoms with Crippen LogP contribution in [0.5, 0.6) is 0 Å². The first kappa shape index (κ1) is 68.3. The van der Waals surface area contributed by atoms with Crippen molar-refractivity contribution in [3.63, 3.8) is 0 Å². The topological polar surface area (TPSA) is 240 Å². The quantitative estimate of drug-likeness (QED) is 0.0459. The summed E-state index contributed by atoms with van der Waals surface area (Å²) in [4.78, 5) is 99.1. The van der Waals surface area contributed by atoms with Gasteiger partial charge in [0.25, 0.3) is 11.7 Å². The molecule has 18 nitrogen and oxygen atoms in total. The fourth-order valence-corrected chi connectivity index (χ4v) is 11.9. The Hall–Kier alpha value is -4.24. The van der Waals surface area contributed by atoms with Gasteiger partial charge >= 0.3 is 18.0 Å². The molecule has 452 valence electrons. The number of carbonyl (C=O) groups excluding carboxylic acids is 7. The number of nitrogens with zero attached hydrogens (tertiary/aromatic N) is 1. The summed E-state index contributed by atoms with van der Waals surface area (Å²) in [7, 11) is 4.47. The van der Waals surface area contributed by atoms with Crippen molar-refractivity contribution in [1.29, 1.82) is 0 Å². The average molecular weight is 1150 g/mol. The summed E-state index contributed by atoms with van der Waals surface area (Å²) in [5.74, 6) is -8.50. The predicted octanol–water partition coefficient (Wildman–Crippen LogP) is 8.38. The Bertz CT molecular complexity index is 2180. The fourth-order valence-electron chi connectivity index (χ4n) is 11.5. The molecule has 3 heterocycles. The number of rotatable bonds is 15. The van der Waals surface area contributed by atoms with Crippen molar-refractivity contribution in [2.75, 3.05) is 46.5 Å². The maximum Gasteiger partial charge on any atom is 0.408 e. The van der Waals surface area contributed by atoms with Gasteiger partial charge in [-0.15, -0.1) is 0 Å². The van der Waals surface area contributed by atoms with Gasteiger partial charge in [-0.25, -0.2) is 14.4 Å². The van der Waals surface area contributed by atoms with E-state index in [4.69, 9.17) is 33.2 Å². The third-order valence-corrected chi connectivity index (χ3v) is 17.3. The van der Waals surface area contributed by atoms with Crippen LogP contribution in [0.15, 0.2) is 47.6 Å². The number of piperidine rings is 1. The number of ether oxygens (including phenoxy) is 7. The Morgan fingerprint density at radius 2 is 1.64 bits per heavy atom. The van der Waals surface area contributed by atoms with Gasteiger partial charge in [0.05, 0.1) is 24.9 Å². The number of thioether (sulfide) groups is 1. The molecule has 0 aromatic rings. The van der Waals surface area contributed by atoms with Gasteiger partial charge < -0.3 is 53.6 Å². The molecular weight excluding hydrogens is 1050 g/mol. The van der Waals surface area contributed by atoms with Crippen molar-refractivity contribution in [2.24, 2.45) is 35.5 Å². The number of nitrogens with one attached hydrogen (secondary N) is 1. The lowest BCUT2D eigenvalue weighted by Crippen LogP contribution is -2.61. The Labute approximate surface area is 480 Å². The summed E-state index contributed by atoms with van der Waals surface area (Å²) < 4.78 is 41.2. The van der Waals surface area contributed by atoms with Crippen LogP contribution in [0, 0.1) is 35.5 Å². The second-order valence-corrected chi connectivity index (χ2v) is 24.0. The van der Waals surface area contributed by atoms with Crippen molar-refractivity contribution >= 4 is 53.1 Å². The number of hydrogen-bond acceptors (Lipinski definition) is 17. The molecule has 80 heavy (non-hydrogen) atoms. The van der Waals surface area contributed by atoms with Gasteiger partial charge in [-0.1, -0.05) is 84.4 Å². The van der Waals surface area contributed by atoms with Gasteiger partial charge in [-0.2, -0.15) is 11.8 Å². The number of hydrogen-bond donors (Lipinski definition) is 3. The van der Waals surface area contributed by atoms with E-state index in [1.54, 1.807) is 52.6 Å². The highest BCUT2D eigenvalue weighted by molar-refractivity contribution is 7.98. The van der Waals surface area contributed by atoms with E-state index in [1.807, 2.05) is 64.3 Å². The lowest BCUT2D eigenvalue weighted by atomic mass is 9.78. The molecule has 2 bridgehead atoms. The SMILES string of the molecule is CCCCOC(=O)C(CCSC)NC(=O)O[C@@H]1CCC(CC(C)C2CC(=O)C(C)/C=C(\C)[C@@H](O)C(OC)C(=O)[C@H](C)CC(C)/C=C/C=C/C=C(\C)C(OC)CC3CC[C@@H](C)[C@@](O)(O3)C(=O)C(=O)N3CCCC[C@H]3C(=O)O2)CC1OC. The van der Waals surface area contributed by atoms with Crippen LogP contribution in [0.25, 0.3) is 0 Å². The highest BCUT2D eigenvalue weighted by atomic mass is 32.2. The van der Waals surface area contributed by atoms with E-state index in [0.717, 1.165) is 12.0 Å². The second kappa shape index (κ2) is 33.8. The minimum Gasteiger partial charge on any atom is -0.464 e. The number of fused-ring (bicyclic) bond motifs is 3. The van der Waals surface area contributed by atoms with E-state index in [-0.39, 0.29) is 49.4 Å². The van der Waals surface area contributed by atoms with E-state index < -0.39 is 114 Å². The number of cyclic esters (lactones) is 1. The Morgan fingerprint density at radius 1 is 0.900 bits per heavy atom. The summed E-state index contributed by atoms with van der Waals surface area (Å²) in [5.41, 5.74) is 1.22. The van der Waals surface area contributed by atoms with Crippen LogP contribution in [-0.4, -0.2) is 163 Å². The van der Waals surface area contributed by atoms with Gasteiger partial charge in [-0.05, 0) is 132 Å². The number of alkyl carbamates (subject to hydrolysis) is 1. The number of Topliss-reactive ketones (excluding diaryl/α,β-unsaturated/α-hetero) is 3. The van der Waals surface area contributed by atoms with E-state index in [1.165, 1.54) is 19.1 Å². The predicted molar refractivity (Wildman–Crippen MR) is 305 cm³/mol. The maximum absolute atomic E-state index is 14.7. The summed E-state index contributed by atoms with van der Waals surface area (Å²) >= 11 is 1.54. The third-order valence-electron chi connectivity index (χ3n) is 16.6. The number of aliphatic hydroxyl groups excluding tert-OH is 1. The fraction of sp³-hybridized carbons (Fsp3) is 0.754. The molecule has 16 atom stereocenters. The molecule has 19 heteroatoms. The van der Waals surface area contributed by atoms with Crippen molar-refractivity contribution in [3.05, 3.63) is 47.6 Å². The first-order chi connectivity index (χ1) is 38.0. The van der Waals surface area contributed by atoms with Crippen LogP contribution in [0.1, 0.15) is 152 Å². The number of allylic oxidation sites excluding steroid dienone is 6. The lowest BCUT2D eigenvalue weighted by Gasteiger charge is -2.42. The van der Waals surface area contributed by atoms with Crippen LogP contribution in [0.4, 0.5) is 4.79 Å². The summed E-state index contributed by atoms with van der Waals surface area (Å²) in [5, 5.41) is 26.3. The van der Waals surface area contributed by atoms with Crippen LogP contribution in [0.3, 0.4) is 0 Å². The molecule has 2 saturated heterocycles. The minimum atomic E-state index is -2.47. The largest absolute Gasteiger partial charge is 0.464 e. The van der Waals surface area contributed by atoms with E-state index in [2.05, 4.69) is 5.32 Å². The molecule has 0 aromatic carbocycles. The van der Waals surface area contributed by atoms with Crippen molar-refractivity contribution in [2.45, 2.75) is 212 Å². The Morgan fingerprint density at radius 3 is 2.31 bits per heavy atom.